The van der Waals surface area contributed by atoms with Crippen LogP contribution in [0.15, 0.2) is 52.9 Å². The van der Waals surface area contributed by atoms with Gasteiger partial charge in [0.05, 0.1) is 10.6 Å². The van der Waals surface area contributed by atoms with Crippen molar-refractivity contribution in [3.05, 3.63) is 70.8 Å². The van der Waals surface area contributed by atoms with Crippen LogP contribution in [0.2, 0.25) is 5.02 Å². The molecule has 28 heavy (non-hydrogen) atoms. The zero-order chi connectivity index (χ0) is 19.5. The molecule has 2 aromatic carbocycles. The van der Waals surface area contributed by atoms with Crippen LogP contribution in [0.4, 0.5) is 4.39 Å². The summed E-state index contributed by atoms with van der Waals surface area (Å²) < 4.78 is 20.0. The van der Waals surface area contributed by atoms with E-state index in [4.69, 9.17) is 16.0 Å². The molecule has 2 heterocycles. The molecule has 0 saturated carbocycles. The summed E-state index contributed by atoms with van der Waals surface area (Å²) in [7, 11) is 0. The van der Waals surface area contributed by atoms with Gasteiger partial charge in [0.2, 0.25) is 5.89 Å². The van der Waals surface area contributed by atoms with Gasteiger partial charge in [0, 0.05) is 5.56 Å². The third-order valence-electron chi connectivity index (χ3n) is 5.53. The third-order valence-corrected chi connectivity index (χ3v) is 5.89. The summed E-state index contributed by atoms with van der Waals surface area (Å²) in [5, 5.41) is 8.98. The van der Waals surface area contributed by atoms with E-state index in [1.54, 1.807) is 12.1 Å². The molecule has 5 nitrogen and oxygen atoms in total. The Kier molecular flexibility index (Phi) is 5.71. The molecule has 1 fully saturated rings. The second-order valence-electron chi connectivity index (χ2n) is 7.32. The van der Waals surface area contributed by atoms with Crippen LogP contribution >= 0.6 is 11.6 Å². The third kappa shape index (κ3) is 4.09. The fourth-order valence-electron chi connectivity index (χ4n) is 3.77. The zero-order valence-corrected chi connectivity index (χ0v) is 16.5. The van der Waals surface area contributed by atoms with Crippen molar-refractivity contribution in [3.63, 3.8) is 0 Å². The summed E-state index contributed by atoms with van der Waals surface area (Å²) in [6.45, 7) is 6.56. The minimum absolute atomic E-state index is 0.128. The van der Waals surface area contributed by atoms with Crippen molar-refractivity contribution in [1.29, 1.82) is 0 Å². The van der Waals surface area contributed by atoms with Crippen molar-refractivity contribution < 1.29 is 18.6 Å². The Bertz CT molecular complexity index is 905. The molecule has 1 saturated heterocycles. The number of aromatic nitrogens is 2. The predicted octanol–water partition coefficient (Wildman–Crippen LogP) is 1.57. The van der Waals surface area contributed by atoms with Crippen LogP contribution in [0.1, 0.15) is 24.4 Å². The summed E-state index contributed by atoms with van der Waals surface area (Å²) >= 11 is 6.17. The Balaban J connectivity index is 1.37. The van der Waals surface area contributed by atoms with Gasteiger partial charge in [-0.2, -0.15) is 0 Å². The topological polar surface area (TPSA) is 47.8 Å². The monoisotopic (exact) mass is 402 g/mol. The first kappa shape index (κ1) is 19.1. The van der Waals surface area contributed by atoms with Crippen LogP contribution in [-0.2, 0) is 6.54 Å². The lowest BCUT2D eigenvalue weighted by Crippen LogP contribution is -3.27. The molecule has 0 bridgehead atoms. The van der Waals surface area contributed by atoms with Crippen molar-refractivity contribution in [3.8, 4) is 11.5 Å². The molecule has 4 rings (SSSR count). The molecule has 2 N–H and O–H groups in total. The van der Waals surface area contributed by atoms with Gasteiger partial charge in [-0.1, -0.05) is 35.9 Å². The lowest BCUT2D eigenvalue weighted by atomic mass is 10.1. The van der Waals surface area contributed by atoms with Crippen molar-refractivity contribution in [1.82, 2.24) is 10.2 Å². The Hall–Kier alpha value is -2.28. The maximum atomic E-state index is 14.0. The highest BCUT2D eigenvalue weighted by molar-refractivity contribution is 6.31. The van der Waals surface area contributed by atoms with E-state index in [0.717, 1.165) is 31.7 Å². The Morgan fingerprint density at radius 3 is 2.50 bits per heavy atom. The molecule has 0 aliphatic carbocycles. The SMILES string of the molecule is C[C@@H](c1nnc(-c2ccccc2)o1)[NH+]1CC[NH+](Cc2c(F)cccc2Cl)CC1. The van der Waals surface area contributed by atoms with Crippen molar-refractivity contribution in [2.75, 3.05) is 26.2 Å². The van der Waals surface area contributed by atoms with Gasteiger partial charge in [-0.3, -0.25) is 0 Å². The number of hydrogen-bond donors (Lipinski definition) is 2. The molecule has 0 spiro atoms. The summed E-state index contributed by atoms with van der Waals surface area (Å²) in [4.78, 5) is 2.75. The zero-order valence-electron chi connectivity index (χ0n) is 15.8. The number of benzene rings is 2. The molecular weight excluding hydrogens is 379 g/mol. The summed E-state index contributed by atoms with van der Waals surface area (Å²) in [6.07, 6.45) is 0. The molecule has 3 aromatic rings. The average molecular weight is 403 g/mol. The molecule has 1 aliphatic rings. The van der Waals surface area contributed by atoms with E-state index >= 15 is 0 Å². The van der Waals surface area contributed by atoms with Crippen LogP contribution in [0.3, 0.4) is 0 Å². The summed E-state index contributed by atoms with van der Waals surface area (Å²) in [5.74, 6) is 0.997. The van der Waals surface area contributed by atoms with E-state index in [2.05, 4.69) is 17.1 Å². The fraction of sp³-hybridized carbons (Fsp3) is 0.333. The van der Waals surface area contributed by atoms with E-state index in [9.17, 15) is 4.39 Å². The number of quaternary nitrogens is 2. The van der Waals surface area contributed by atoms with Crippen LogP contribution in [0.5, 0.6) is 0 Å². The maximum Gasteiger partial charge on any atom is 0.274 e. The number of rotatable bonds is 5. The quantitative estimate of drug-likeness (QED) is 0.681. The van der Waals surface area contributed by atoms with Gasteiger partial charge < -0.3 is 14.2 Å². The minimum Gasteiger partial charge on any atom is -0.415 e. The van der Waals surface area contributed by atoms with E-state index in [-0.39, 0.29) is 11.9 Å². The second kappa shape index (κ2) is 8.39. The molecule has 0 amide bonds. The maximum absolute atomic E-state index is 14.0. The van der Waals surface area contributed by atoms with Gasteiger partial charge in [-0.15, -0.1) is 10.2 Å². The highest BCUT2D eigenvalue weighted by atomic mass is 35.5. The van der Waals surface area contributed by atoms with Crippen LogP contribution in [-0.4, -0.2) is 36.4 Å². The molecule has 1 aromatic heterocycles. The normalized spacial score (nSPS) is 20.8. The molecule has 146 valence electrons. The highest BCUT2D eigenvalue weighted by Crippen LogP contribution is 2.19. The van der Waals surface area contributed by atoms with Crippen molar-refractivity contribution in [2.24, 2.45) is 0 Å². The van der Waals surface area contributed by atoms with E-state index in [1.165, 1.54) is 15.9 Å². The average Bonchev–Trinajstić information content (AvgIpc) is 3.22. The smallest absolute Gasteiger partial charge is 0.274 e. The van der Waals surface area contributed by atoms with E-state index in [1.807, 2.05) is 30.3 Å². The molecule has 0 unspecified atom stereocenters. The van der Waals surface area contributed by atoms with E-state index in [0.29, 0.717) is 28.9 Å². The number of piperazine rings is 1. The van der Waals surface area contributed by atoms with Gasteiger partial charge in [-0.05, 0) is 31.2 Å². The van der Waals surface area contributed by atoms with Gasteiger partial charge in [0.1, 0.15) is 38.5 Å². The van der Waals surface area contributed by atoms with Crippen LogP contribution in [0.25, 0.3) is 11.5 Å². The number of halogens is 2. The molecule has 0 radical (unpaired) electrons. The van der Waals surface area contributed by atoms with Gasteiger partial charge in [0.25, 0.3) is 5.89 Å². The lowest BCUT2D eigenvalue weighted by molar-refractivity contribution is -1.03. The predicted molar refractivity (Wildman–Crippen MR) is 105 cm³/mol. The van der Waals surface area contributed by atoms with Gasteiger partial charge >= 0.3 is 0 Å². The number of nitrogens with one attached hydrogen (secondary N) is 2. The molecular formula is C21H24ClFN4O+2. The number of nitrogens with zero attached hydrogens (tertiary/aromatic N) is 2. The Labute approximate surface area is 168 Å². The standard InChI is InChI=1S/C21H22ClFN4O/c1-15(20-24-25-21(28-20)16-6-3-2-4-7-16)27-12-10-26(11-13-27)14-17-18(22)8-5-9-19(17)23/h2-9,15H,10-14H2,1H3/p+2/t15-/m0/s1. The summed E-state index contributed by atoms with van der Waals surface area (Å²) in [6, 6.07) is 14.8. The van der Waals surface area contributed by atoms with Crippen molar-refractivity contribution >= 4 is 11.6 Å². The van der Waals surface area contributed by atoms with Gasteiger partial charge in [-0.25, -0.2) is 4.39 Å². The number of hydrogen-bond acceptors (Lipinski definition) is 3. The van der Waals surface area contributed by atoms with Crippen LogP contribution < -0.4 is 9.80 Å². The minimum atomic E-state index is -0.220. The first-order chi connectivity index (χ1) is 13.6. The van der Waals surface area contributed by atoms with Crippen LogP contribution in [0, 0.1) is 5.82 Å². The Morgan fingerprint density at radius 2 is 1.79 bits per heavy atom. The first-order valence-electron chi connectivity index (χ1n) is 9.61. The lowest BCUT2D eigenvalue weighted by Gasteiger charge is -2.32. The summed E-state index contributed by atoms with van der Waals surface area (Å²) in [5.41, 5.74) is 1.54. The molecule has 7 heteroatoms. The first-order valence-corrected chi connectivity index (χ1v) is 9.99. The second-order valence-corrected chi connectivity index (χ2v) is 7.73. The Morgan fingerprint density at radius 1 is 1.04 bits per heavy atom. The van der Waals surface area contributed by atoms with E-state index < -0.39 is 0 Å². The molecule has 1 aliphatic heterocycles. The molecule has 1 atom stereocenters. The van der Waals surface area contributed by atoms with Gasteiger partial charge in [0.15, 0.2) is 6.04 Å². The van der Waals surface area contributed by atoms with Crippen molar-refractivity contribution in [2.45, 2.75) is 19.5 Å². The highest BCUT2D eigenvalue weighted by Gasteiger charge is 2.31. The fourth-order valence-corrected chi connectivity index (χ4v) is 4.00. The largest absolute Gasteiger partial charge is 0.415 e.